The number of carbonyl (C=O) groups is 1. The van der Waals surface area contributed by atoms with Crippen LogP contribution >= 0.6 is 0 Å². The van der Waals surface area contributed by atoms with Crippen molar-refractivity contribution in [1.29, 1.82) is 0 Å². The summed E-state index contributed by atoms with van der Waals surface area (Å²) in [6.07, 6.45) is 6.45. The van der Waals surface area contributed by atoms with E-state index in [1.807, 2.05) is 13.0 Å². The van der Waals surface area contributed by atoms with Gasteiger partial charge in [-0.05, 0) is 32.7 Å². The molecule has 114 valence electrons. The van der Waals surface area contributed by atoms with E-state index in [0.29, 0.717) is 5.82 Å². The Kier molecular flexibility index (Phi) is 5.62. The van der Waals surface area contributed by atoms with Crippen LogP contribution in [0, 0.1) is 6.92 Å². The quantitative estimate of drug-likeness (QED) is 0.608. The third kappa shape index (κ3) is 4.78. The maximum absolute atomic E-state index is 12.2. The number of aromatic nitrogens is 2. The molecular weight excluding hydrogens is 268 g/mol. The van der Waals surface area contributed by atoms with E-state index in [9.17, 15) is 4.79 Å². The third-order valence-corrected chi connectivity index (χ3v) is 3.30. The number of piperidine rings is 1. The molecule has 0 radical (unpaired) electrons. The van der Waals surface area contributed by atoms with Gasteiger partial charge in [0.2, 0.25) is 5.91 Å². The molecule has 2 N–H and O–H groups in total. The topological polar surface area (TPSA) is 82.5 Å². The van der Waals surface area contributed by atoms with E-state index in [4.69, 9.17) is 0 Å². The van der Waals surface area contributed by atoms with E-state index < -0.39 is 0 Å². The molecular formula is C14H22N6O. The molecule has 2 heterocycles. The number of hydrogen-bond donors (Lipinski definition) is 2. The van der Waals surface area contributed by atoms with Crippen molar-refractivity contribution in [3.05, 3.63) is 18.1 Å². The van der Waals surface area contributed by atoms with E-state index in [2.05, 4.69) is 25.6 Å². The summed E-state index contributed by atoms with van der Waals surface area (Å²) in [4.78, 5) is 26.1. The fraction of sp³-hybridized carbons (Fsp3) is 0.571. The van der Waals surface area contributed by atoms with Crippen LogP contribution in [0.1, 0.15) is 25.0 Å². The zero-order valence-electron chi connectivity index (χ0n) is 12.5. The zero-order chi connectivity index (χ0) is 15.1. The number of aliphatic imine (C=N–C) groups is 1. The van der Waals surface area contributed by atoms with Gasteiger partial charge in [0.05, 0.1) is 12.5 Å². The highest BCUT2D eigenvalue weighted by atomic mass is 16.2. The second-order valence-electron chi connectivity index (χ2n) is 5.09. The summed E-state index contributed by atoms with van der Waals surface area (Å²) < 4.78 is 0. The number of carbonyl (C=O) groups excluding carboxylic acids is 1. The minimum Gasteiger partial charge on any atom is -0.339 e. The van der Waals surface area contributed by atoms with Crippen molar-refractivity contribution >= 4 is 18.1 Å². The maximum atomic E-state index is 12.2. The van der Waals surface area contributed by atoms with Gasteiger partial charge in [-0.2, -0.15) is 0 Å². The van der Waals surface area contributed by atoms with Crippen molar-refractivity contribution in [3.8, 4) is 0 Å². The Morgan fingerprint density at radius 3 is 3.10 bits per heavy atom. The average molecular weight is 290 g/mol. The van der Waals surface area contributed by atoms with Crippen molar-refractivity contribution in [1.82, 2.24) is 20.6 Å². The molecule has 1 saturated heterocycles. The monoisotopic (exact) mass is 290 g/mol. The Hall–Kier alpha value is -2.02. The van der Waals surface area contributed by atoms with Crippen LogP contribution in [0.3, 0.4) is 0 Å². The smallest absolute Gasteiger partial charge is 0.241 e. The molecule has 1 aliphatic heterocycles. The van der Waals surface area contributed by atoms with Gasteiger partial charge >= 0.3 is 0 Å². The van der Waals surface area contributed by atoms with Crippen molar-refractivity contribution in [2.45, 2.75) is 32.4 Å². The molecule has 2 rings (SSSR count). The second kappa shape index (κ2) is 7.68. The van der Waals surface area contributed by atoms with Gasteiger partial charge in [0, 0.05) is 18.8 Å². The predicted molar refractivity (Wildman–Crippen MR) is 82.3 cm³/mol. The minimum absolute atomic E-state index is 0.0504. The first-order chi connectivity index (χ1) is 10.2. The molecule has 1 amide bonds. The van der Waals surface area contributed by atoms with Gasteiger partial charge in [0.25, 0.3) is 0 Å². The van der Waals surface area contributed by atoms with Gasteiger partial charge in [-0.15, -0.1) is 0 Å². The molecule has 0 bridgehead atoms. The number of rotatable bonds is 5. The first-order valence-electron chi connectivity index (χ1n) is 7.19. The lowest BCUT2D eigenvalue weighted by Gasteiger charge is -2.26. The van der Waals surface area contributed by atoms with Crippen LogP contribution in [0.25, 0.3) is 0 Å². The lowest BCUT2D eigenvalue weighted by molar-refractivity contribution is -0.120. The van der Waals surface area contributed by atoms with Crippen LogP contribution in [0.15, 0.2) is 17.4 Å². The second-order valence-corrected chi connectivity index (χ2v) is 5.09. The fourth-order valence-electron chi connectivity index (χ4n) is 2.29. The average Bonchev–Trinajstić information content (AvgIpc) is 2.48. The molecule has 0 saturated carbocycles. The number of amides is 1. The highest BCUT2D eigenvalue weighted by Gasteiger charge is 2.17. The Bertz CT molecular complexity index is 498. The highest BCUT2D eigenvalue weighted by molar-refractivity contribution is 5.89. The van der Waals surface area contributed by atoms with E-state index in [-0.39, 0.29) is 18.6 Å². The Labute approximate surface area is 124 Å². The van der Waals surface area contributed by atoms with Crippen LogP contribution in [-0.4, -0.2) is 48.5 Å². The van der Waals surface area contributed by atoms with Crippen molar-refractivity contribution in [2.75, 3.05) is 25.0 Å². The molecule has 1 aromatic rings. The highest BCUT2D eigenvalue weighted by Crippen LogP contribution is 2.09. The van der Waals surface area contributed by atoms with Crippen LogP contribution in [0.4, 0.5) is 5.82 Å². The maximum Gasteiger partial charge on any atom is 0.241 e. The molecule has 1 atom stereocenters. The Balaban J connectivity index is 1.97. The van der Waals surface area contributed by atoms with Crippen molar-refractivity contribution in [3.63, 3.8) is 0 Å². The van der Waals surface area contributed by atoms with Gasteiger partial charge in [-0.3, -0.25) is 15.1 Å². The first-order valence-corrected chi connectivity index (χ1v) is 7.19. The predicted octanol–water partition coefficient (Wildman–Crippen LogP) is 0.465. The normalized spacial score (nSPS) is 18.7. The van der Waals surface area contributed by atoms with Crippen LogP contribution in [0.5, 0.6) is 0 Å². The van der Waals surface area contributed by atoms with E-state index in [1.165, 1.54) is 12.7 Å². The van der Waals surface area contributed by atoms with E-state index in [1.54, 1.807) is 18.3 Å². The number of nitrogens with one attached hydrogen (secondary N) is 2. The van der Waals surface area contributed by atoms with Crippen molar-refractivity contribution < 1.29 is 4.79 Å². The minimum atomic E-state index is -0.0504. The van der Waals surface area contributed by atoms with Gasteiger partial charge < -0.3 is 10.2 Å². The molecule has 0 aromatic carbocycles. The van der Waals surface area contributed by atoms with E-state index in [0.717, 1.165) is 25.1 Å². The molecule has 0 spiro atoms. The van der Waals surface area contributed by atoms with Gasteiger partial charge in [0.1, 0.15) is 18.7 Å². The molecule has 1 aromatic heterocycles. The molecule has 1 aliphatic rings. The Morgan fingerprint density at radius 1 is 1.57 bits per heavy atom. The number of nitrogens with zero attached hydrogens (tertiary/aromatic N) is 4. The number of hydrogen-bond acceptors (Lipinski definition) is 5. The largest absolute Gasteiger partial charge is 0.339 e. The lowest BCUT2D eigenvalue weighted by Crippen LogP contribution is -2.50. The summed E-state index contributed by atoms with van der Waals surface area (Å²) in [6, 6.07) is 1.83. The van der Waals surface area contributed by atoms with Crippen molar-refractivity contribution in [2.24, 2.45) is 4.99 Å². The van der Waals surface area contributed by atoms with Crippen LogP contribution in [-0.2, 0) is 4.79 Å². The molecule has 7 nitrogen and oxygen atoms in total. The molecule has 7 heteroatoms. The third-order valence-electron chi connectivity index (χ3n) is 3.30. The summed E-state index contributed by atoms with van der Waals surface area (Å²) in [5, 5.41) is 6.29. The van der Waals surface area contributed by atoms with Gasteiger partial charge in [-0.25, -0.2) is 9.97 Å². The molecule has 1 fully saturated rings. The van der Waals surface area contributed by atoms with Gasteiger partial charge in [0.15, 0.2) is 0 Å². The van der Waals surface area contributed by atoms with Crippen LogP contribution < -0.4 is 15.5 Å². The summed E-state index contributed by atoms with van der Waals surface area (Å²) in [5.41, 5.74) is 0.851. The summed E-state index contributed by atoms with van der Waals surface area (Å²) >= 11 is 0. The Morgan fingerprint density at radius 2 is 2.43 bits per heavy atom. The standard InChI is InChI=1S/C14H22N6O/c1-11-7-13(18-9-17-11)20(10-15-2)8-14(21)19-12-5-3-4-6-16-12/h7,9-10,12,16H,3-6,8H2,1-2H3,(H,19,21)/t12-/m1/s1. The zero-order valence-corrected chi connectivity index (χ0v) is 12.5. The first kappa shape index (κ1) is 15.4. The molecule has 0 aliphatic carbocycles. The van der Waals surface area contributed by atoms with E-state index >= 15 is 0 Å². The fourth-order valence-corrected chi connectivity index (χ4v) is 2.29. The van der Waals surface area contributed by atoms with Crippen LogP contribution in [0.2, 0.25) is 0 Å². The van der Waals surface area contributed by atoms with Gasteiger partial charge in [-0.1, -0.05) is 0 Å². The number of anilines is 1. The molecule has 21 heavy (non-hydrogen) atoms. The summed E-state index contributed by atoms with van der Waals surface area (Å²) in [5.74, 6) is 0.616. The number of aryl methyl sites for hydroxylation is 1. The summed E-state index contributed by atoms with van der Waals surface area (Å²) in [6.45, 7) is 3.03. The SMILES string of the molecule is CN=CN(CC(=O)N[C@@H]1CCCCN1)c1cc(C)ncn1. The summed E-state index contributed by atoms with van der Waals surface area (Å²) in [7, 11) is 1.67. The lowest BCUT2D eigenvalue weighted by atomic mass is 10.1. The molecule has 0 unspecified atom stereocenters.